The molecular formula is C11H14O3. The van der Waals surface area contributed by atoms with Gasteiger partial charge in [-0.05, 0) is 25.3 Å². The summed E-state index contributed by atoms with van der Waals surface area (Å²) in [6.07, 6.45) is 1.98. The first kappa shape index (κ1) is 9.34. The van der Waals surface area contributed by atoms with E-state index in [0.29, 0.717) is 17.5 Å². The molecule has 0 saturated heterocycles. The van der Waals surface area contributed by atoms with Crippen LogP contribution in [-0.2, 0) is 6.42 Å². The van der Waals surface area contributed by atoms with E-state index in [9.17, 15) is 15.3 Å². The van der Waals surface area contributed by atoms with Gasteiger partial charge in [0, 0.05) is 12.0 Å². The molecule has 0 amide bonds. The van der Waals surface area contributed by atoms with Gasteiger partial charge in [0.05, 0.1) is 5.60 Å². The molecule has 0 spiro atoms. The summed E-state index contributed by atoms with van der Waals surface area (Å²) in [6, 6.07) is 3.50. The van der Waals surface area contributed by atoms with Crippen molar-refractivity contribution in [3.8, 4) is 11.5 Å². The molecule has 0 atom stereocenters. The highest BCUT2D eigenvalue weighted by molar-refractivity contribution is 5.50. The van der Waals surface area contributed by atoms with Gasteiger partial charge in [0.2, 0.25) is 0 Å². The Balaban J connectivity index is 2.30. The molecule has 76 valence electrons. The number of rotatable bonds is 2. The molecule has 0 aliphatic heterocycles. The van der Waals surface area contributed by atoms with Gasteiger partial charge in [-0.25, -0.2) is 0 Å². The monoisotopic (exact) mass is 194 g/mol. The van der Waals surface area contributed by atoms with E-state index in [1.54, 1.807) is 19.1 Å². The Morgan fingerprint density at radius 2 is 1.86 bits per heavy atom. The smallest absolute Gasteiger partial charge is 0.161 e. The van der Waals surface area contributed by atoms with Crippen LogP contribution in [0.3, 0.4) is 0 Å². The van der Waals surface area contributed by atoms with E-state index in [-0.39, 0.29) is 11.5 Å². The lowest BCUT2D eigenvalue weighted by atomic mass is 10.0. The molecule has 14 heavy (non-hydrogen) atoms. The molecule has 0 bridgehead atoms. The van der Waals surface area contributed by atoms with Crippen LogP contribution >= 0.6 is 0 Å². The lowest BCUT2D eigenvalue weighted by Gasteiger charge is -2.11. The standard InChI is InChI=1S/C11H14O3/c1-7-2-3-8(10(13)9(7)12)6-11(14)4-5-11/h2-3,12-14H,4-6H2,1H3. The van der Waals surface area contributed by atoms with E-state index in [0.717, 1.165) is 12.8 Å². The molecular weight excluding hydrogens is 180 g/mol. The molecule has 0 aromatic heterocycles. The summed E-state index contributed by atoms with van der Waals surface area (Å²) in [4.78, 5) is 0. The van der Waals surface area contributed by atoms with Gasteiger partial charge < -0.3 is 15.3 Å². The third kappa shape index (κ3) is 1.55. The predicted octanol–water partition coefficient (Wildman–Crippen LogP) is 1.47. The lowest BCUT2D eigenvalue weighted by Crippen LogP contribution is -2.10. The zero-order valence-corrected chi connectivity index (χ0v) is 8.12. The zero-order valence-electron chi connectivity index (χ0n) is 8.12. The Morgan fingerprint density at radius 1 is 1.21 bits per heavy atom. The number of aliphatic hydroxyl groups is 1. The average Bonchev–Trinajstić information content (AvgIpc) is 2.86. The second kappa shape index (κ2) is 2.89. The van der Waals surface area contributed by atoms with Crippen molar-refractivity contribution >= 4 is 0 Å². The summed E-state index contributed by atoms with van der Waals surface area (Å²) in [5.41, 5.74) is 0.626. The molecule has 1 aliphatic carbocycles. The maximum atomic E-state index is 9.67. The lowest BCUT2D eigenvalue weighted by molar-refractivity contribution is 0.150. The van der Waals surface area contributed by atoms with Gasteiger partial charge in [-0.1, -0.05) is 12.1 Å². The number of phenolic OH excluding ortho intramolecular Hbond substituents is 2. The fourth-order valence-electron chi connectivity index (χ4n) is 1.54. The van der Waals surface area contributed by atoms with Crippen molar-refractivity contribution in [2.75, 3.05) is 0 Å². The first-order chi connectivity index (χ1) is 6.52. The van der Waals surface area contributed by atoms with Gasteiger partial charge in [0.15, 0.2) is 11.5 Å². The topological polar surface area (TPSA) is 60.7 Å². The van der Waals surface area contributed by atoms with Crippen LogP contribution in [-0.4, -0.2) is 20.9 Å². The van der Waals surface area contributed by atoms with Crippen molar-refractivity contribution in [1.82, 2.24) is 0 Å². The van der Waals surface area contributed by atoms with Crippen molar-refractivity contribution in [3.05, 3.63) is 23.3 Å². The van der Waals surface area contributed by atoms with Gasteiger partial charge >= 0.3 is 0 Å². The Kier molecular flexibility index (Phi) is 1.93. The highest BCUT2D eigenvalue weighted by Gasteiger charge is 2.40. The predicted molar refractivity (Wildman–Crippen MR) is 52.4 cm³/mol. The van der Waals surface area contributed by atoms with Crippen molar-refractivity contribution < 1.29 is 15.3 Å². The molecule has 2 rings (SSSR count). The number of aromatic hydroxyl groups is 2. The summed E-state index contributed by atoms with van der Waals surface area (Å²) < 4.78 is 0. The average molecular weight is 194 g/mol. The number of benzene rings is 1. The Labute approximate surface area is 82.6 Å². The molecule has 0 unspecified atom stereocenters. The fraction of sp³-hybridized carbons (Fsp3) is 0.455. The summed E-state index contributed by atoms with van der Waals surface area (Å²) in [5, 5.41) is 28.8. The molecule has 1 saturated carbocycles. The van der Waals surface area contributed by atoms with Crippen LogP contribution in [0.5, 0.6) is 11.5 Å². The molecule has 1 aromatic rings. The molecule has 3 heteroatoms. The molecule has 3 N–H and O–H groups in total. The van der Waals surface area contributed by atoms with Gasteiger partial charge in [0.25, 0.3) is 0 Å². The molecule has 0 radical (unpaired) electrons. The van der Waals surface area contributed by atoms with Crippen LogP contribution in [0.1, 0.15) is 24.0 Å². The maximum absolute atomic E-state index is 9.67. The normalized spacial score (nSPS) is 18.1. The Hall–Kier alpha value is -1.22. The van der Waals surface area contributed by atoms with Crippen LogP contribution in [0.25, 0.3) is 0 Å². The number of phenols is 2. The van der Waals surface area contributed by atoms with Gasteiger partial charge in [-0.2, -0.15) is 0 Å². The van der Waals surface area contributed by atoms with Gasteiger partial charge in [0.1, 0.15) is 0 Å². The second-order valence-electron chi connectivity index (χ2n) is 4.14. The quantitative estimate of drug-likeness (QED) is 0.625. The molecule has 1 aromatic carbocycles. The minimum atomic E-state index is -0.640. The van der Waals surface area contributed by atoms with Crippen LogP contribution in [0.15, 0.2) is 12.1 Å². The van der Waals surface area contributed by atoms with E-state index in [2.05, 4.69) is 0 Å². The van der Waals surface area contributed by atoms with Crippen molar-refractivity contribution in [2.24, 2.45) is 0 Å². The fourth-order valence-corrected chi connectivity index (χ4v) is 1.54. The number of aryl methyl sites for hydroxylation is 1. The number of hydrogen-bond acceptors (Lipinski definition) is 3. The summed E-state index contributed by atoms with van der Waals surface area (Å²) >= 11 is 0. The molecule has 0 heterocycles. The molecule has 1 aliphatic rings. The Morgan fingerprint density at radius 3 is 2.43 bits per heavy atom. The largest absolute Gasteiger partial charge is 0.504 e. The van der Waals surface area contributed by atoms with Crippen molar-refractivity contribution in [1.29, 1.82) is 0 Å². The highest BCUT2D eigenvalue weighted by Crippen LogP contribution is 2.42. The summed E-state index contributed by atoms with van der Waals surface area (Å²) in [7, 11) is 0. The SMILES string of the molecule is Cc1ccc(CC2(O)CC2)c(O)c1O. The highest BCUT2D eigenvalue weighted by atomic mass is 16.3. The maximum Gasteiger partial charge on any atom is 0.161 e. The second-order valence-corrected chi connectivity index (χ2v) is 4.14. The zero-order chi connectivity index (χ0) is 10.3. The third-order valence-corrected chi connectivity index (χ3v) is 2.78. The van der Waals surface area contributed by atoms with E-state index in [1.165, 1.54) is 0 Å². The van der Waals surface area contributed by atoms with Crippen LogP contribution < -0.4 is 0 Å². The Bertz CT molecular complexity index is 367. The third-order valence-electron chi connectivity index (χ3n) is 2.78. The van der Waals surface area contributed by atoms with Crippen LogP contribution in [0.4, 0.5) is 0 Å². The van der Waals surface area contributed by atoms with E-state index in [1.807, 2.05) is 0 Å². The first-order valence-corrected chi connectivity index (χ1v) is 4.75. The molecule has 1 fully saturated rings. The first-order valence-electron chi connectivity index (χ1n) is 4.75. The molecule has 3 nitrogen and oxygen atoms in total. The van der Waals surface area contributed by atoms with Crippen LogP contribution in [0, 0.1) is 6.92 Å². The van der Waals surface area contributed by atoms with Crippen LogP contribution in [0.2, 0.25) is 0 Å². The van der Waals surface area contributed by atoms with E-state index in [4.69, 9.17) is 0 Å². The van der Waals surface area contributed by atoms with Crippen molar-refractivity contribution in [3.63, 3.8) is 0 Å². The summed E-state index contributed by atoms with van der Waals surface area (Å²) in [5.74, 6) is -0.169. The van der Waals surface area contributed by atoms with E-state index >= 15 is 0 Å². The number of hydrogen-bond donors (Lipinski definition) is 3. The minimum absolute atomic E-state index is 0.0771. The van der Waals surface area contributed by atoms with Crippen molar-refractivity contribution in [2.45, 2.75) is 31.8 Å². The summed E-state index contributed by atoms with van der Waals surface area (Å²) in [6.45, 7) is 1.73. The van der Waals surface area contributed by atoms with E-state index < -0.39 is 5.60 Å². The van der Waals surface area contributed by atoms with Gasteiger partial charge in [-0.3, -0.25) is 0 Å². The van der Waals surface area contributed by atoms with Gasteiger partial charge in [-0.15, -0.1) is 0 Å². The minimum Gasteiger partial charge on any atom is -0.504 e.